The van der Waals surface area contributed by atoms with E-state index in [1.54, 1.807) is 6.07 Å². The van der Waals surface area contributed by atoms with Gasteiger partial charge in [0.05, 0.1) is 30.5 Å². The monoisotopic (exact) mass is 318 g/mol. The summed E-state index contributed by atoms with van der Waals surface area (Å²) in [4.78, 5) is 15.1. The van der Waals surface area contributed by atoms with Crippen LogP contribution in [-0.2, 0) is 21.3 Å². The number of alkyl halides is 3. The second-order valence-corrected chi connectivity index (χ2v) is 3.88. The first kappa shape index (κ1) is 14.5. The molecule has 0 aliphatic heterocycles. The molecule has 0 fully saturated rings. The molecule has 7 heteroatoms. The molecular formula is C11H9BrF2N2O2. The summed E-state index contributed by atoms with van der Waals surface area (Å²) in [5.74, 6) is -0.576. The highest BCUT2D eigenvalue weighted by Gasteiger charge is 2.19. The third kappa shape index (κ3) is 3.23. The molecule has 1 rings (SSSR count). The highest BCUT2D eigenvalue weighted by atomic mass is 79.9. The minimum Gasteiger partial charge on any atom is -0.469 e. The maximum atomic E-state index is 12.8. The lowest BCUT2D eigenvalue weighted by Crippen LogP contribution is -2.09. The lowest BCUT2D eigenvalue weighted by Gasteiger charge is -2.09. The standard InChI is InChI=1S/C11H9BrF2N2O2/c1-18-10(17)3-6-2-7(11(13)14)8(5-15)9(4-12)16-6/h2,11H,3-4H2,1H3. The molecular weight excluding hydrogens is 310 g/mol. The number of rotatable bonds is 4. The van der Waals surface area contributed by atoms with Crippen LogP contribution in [0.2, 0.25) is 0 Å². The van der Waals surface area contributed by atoms with Gasteiger partial charge >= 0.3 is 5.97 Å². The Morgan fingerprint density at radius 1 is 1.67 bits per heavy atom. The second kappa shape index (κ2) is 6.40. The predicted molar refractivity (Wildman–Crippen MR) is 62.3 cm³/mol. The number of hydrogen-bond donors (Lipinski definition) is 0. The number of halogens is 3. The van der Waals surface area contributed by atoms with Gasteiger partial charge in [-0.1, -0.05) is 15.9 Å². The molecule has 1 aromatic heterocycles. The van der Waals surface area contributed by atoms with Crippen LogP contribution in [0, 0.1) is 11.3 Å². The topological polar surface area (TPSA) is 63.0 Å². The van der Waals surface area contributed by atoms with E-state index in [2.05, 4.69) is 25.7 Å². The summed E-state index contributed by atoms with van der Waals surface area (Å²) in [6.45, 7) is 0. The van der Waals surface area contributed by atoms with Crippen LogP contribution in [0.25, 0.3) is 0 Å². The smallest absolute Gasteiger partial charge is 0.311 e. The minimum atomic E-state index is -2.79. The van der Waals surface area contributed by atoms with Gasteiger partial charge in [0.1, 0.15) is 6.07 Å². The van der Waals surface area contributed by atoms with Gasteiger partial charge in [-0.2, -0.15) is 5.26 Å². The molecule has 0 N–H and O–H groups in total. The largest absolute Gasteiger partial charge is 0.469 e. The summed E-state index contributed by atoms with van der Waals surface area (Å²) in [5.41, 5.74) is -0.226. The fourth-order valence-corrected chi connectivity index (χ4v) is 1.79. The zero-order valence-corrected chi connectivity index (χ0v) is 11.0. The van der Waals surface area contributed by atoms with Gasteiger partial charge in [0, 0.05) is 10.9 Å². The van der Waals surface area contributed by atoms with Gasteiger partial charge < -0.3 is 4.74 Å². The molecule has 1 heterocycles. The van der Waals surface area contributed by atoms with E-state index in [-0.39, 0.29) is 28.7 Å². The molecule has 0 saturated carbocycles. The van der Waals surface area contributed by atoms with Gasteiger partial charge in [0.2, 0.25) is 0 Å². The van der Waals surface area contributed by atoms with Gasteiger partial charge in [-0.3, -0.25) is 9.78 Å². The van der Waals surface area contributed by atoms with E-state index < -0.39 is 18.0 Å². The summed E-state index contributed by atoms with van der Waals surface area (Å²) in [5, 5.41) is 9.02. The SMILES string of the molecule is COC(=O)Cc1cc(C(F)F)c(C#N)c(CBr)n1. The average Bonchev–Trinajstić information content (AvgIpc) is 2.37. The van der Waals surface area contributed by atoms with Crippen LogP contribution in [-0.4, -0.2) is 18.1 Å². The summed E-state index contributed by atoms with van der Waals surface area (Å²) in [6.07, 6.45) is -3.00. The Bertz CT molecular complexity index is 501. The molecule has 0 amide bonds. The van der Waals surface area contributed by atoms with Crippen molar-refractivity contribution in [2.75, 3.05) is 7.11 Å². The Labute approximate surface area is 111 Å². The number of nitriles is 1. The molecule has 0 aliphatic carbocycles. The third-order valence-corrected chi connectivity index (χ3v) is 2.74. The molecule has 0 unspecified atom stereocenters. The van der Waals surface area contributed by atoms with Crippen LogP contribution in [0.15, 0.2) is 6.07 Å². The lowest BCUT2D eigenvalue weighted by atomic mass is 10.1. The number of pyridine rings is 1. The first-order valence-corrected chi connectivity index (χ1v) is 5.99. The zero-order valence-electron chi connectivity index (χ0n) is 9.41. The number of nitrogens with zero attached hydrogens (tertiary/aromatic N) is 2. The predicted octanol–water partition coefficient (Wildman–Crippen LogP) is 2.50. The third-order valence-electron chi connectivity index (χ3n) is 2.20. The number of carbonyl (C=O) groups is 1. The van der Waals surface area contributed by atoms with Crippen molar-refractivity contribution in [2.45, 2.75) is 18.2 Å². The van der Waals surface area contributed by atoms with Crippen molar-refractivity contribution in [1.29, 1.82) is 5.26 Å². The molecule has 0 radical (unpaired) electrons. The lowest BCUT2D eigenvalue weighted by molar-refractivity contribution is -0.139. The van der Waals surface area contributed by atoms with Crippen LogP contribution in [0.5, 0.6) is 0 Å². The highest BCUT2D eigenvalue weighted by Crippen LogP contribution is 2.26. The summed E-state index contributed by atoms with van der Waals surface area (Å²) in [6, 6.07) is 2.76. The van der Waals surface area contributed by atoms with Gasteiger partial charge in [0.25, 0.3) is 6.43 Å². The van der Waals surface area contributed by atoms with Crippen molar-refractivity contribution >= 4 is 21.9 Å². The Morgan fingerprint density at radius 2 is 2.33 bits per heavy atom. The van der Waals surface area contributed by atoms with Gasteiger partial charge in [0.15, 0.2) is 0 Å². The van der Waals surface area contributed by atoms with Gasteiger partial charge in [-0.05, 0) is 6.07 Å². The summed E-state index contributed by atoms with van der Waals surface area (Å²) < 4.78 is 30.1. The van der Waals surface area contributed by atoms with E-state index in [9.17, 15) is 13.6 Å². The second-order valence-electron chi connectivity index (χ2n) is 3.32. The van der Waals surface area contributed by atoms with Gasteiger partial charge in [-0.15, -0.1) is 0 Å². The average molecular weight is 319 g/mol. The Balaban J connectivity index is 3.28. The molecule has 0 bridgehead atoms. The molecule has 18 heavy (non-hydrogen) atoms. The van der Waals surface area contributed by atoms with E-state index in [0.717, 1.165) is 6.07 Å². The zero-order chi connectivity index (χ0) is 13.7. The molecule has 0 saturated heterocycles. The fraction of sp³-hybridized carbons (Fsp3) is 0.364. The van der Waals surface area contributed by atoms with Crippen molar-refractivity contribution in [1.82, 2.24) is 4.98 Å². The van der Waals surface area contributed by atoms with Crippen molar-refractivity contribution in [3.63, 3.8) is 0 Å². The van der Waals surface area contributed by atoms with Crippen LogP contribution in [0.3, 0.4) is 0 Å². The number of methoxy groups -OCH3 is 1. The Morgan fingerprint density at radius 3 is 2.78 bits per heavy atom. The number of hydrogen-bond acceptors (Lipinski definition) is 4. The van der Waals surface area contributed by atoms with Crippen molar-refractivity contribution in [3.05, 3.63) is 28.6 Å². The Kier molecular flexibility index (Phi) is 5.16. The van der Waals surface area contributed by atoms with E-state index >= 15 is 0 Å². The number of carbonyl (C=O) groups excluding carboxylic acids is 1. The number of esters is 1. The fourth-order valence-electron chi connectivity index (χ4n) is 1.39. The van der Waals surface area contributed by atoms with Crippen LogP contribution in [0.4, 0.5) is 8.78 Å². The van der Waals surface area contributed by atoms with E-state index in [1.807, 2.05) is 0 Å². The quantitative estimate of drug-likeness (QED) is 0.632. The highest BCUT2D eigenvalue weighted by molar-refractivity contribution is 9.08. The van der Waals surface area contributed by atoms with Crippen LogP contribution in [0.1, 0.15) is 28.9 Å². The van der Waals surface area contributed by atoms with Crippen molar-refractivity contribution < 1.29 is 18.3 Å². The molecule has 4 nitrogen and oxygen atoms in total. The van der Waals surface area contributed by atoms with Crippen molar-refractivity contribution in [2.24, 2.45) is 0 Å². The van der Waals surface area contributed by atoms with Crippen LogP contribution < -0.4 is 0 Å². The molecule has 0 aliphatic rings. The first-order valence-electron chi connectivity index (χ1n) is 4.87. The normalized spacial score (nSPS) is 10.2. The summed E-state index contributed by atoms with van der Waals surface area (Å²) >= 11 is 3.08. The van der Waals surface area contributed by atoms with Gasteiger partial charge in [-0.25, -0.2) is 8.78 Å². The van der Waals surface area contributed by atoms with E-state index in [4.69, 9.17) is 5.26 Å². The molecule has 0 atom stereocenters. The Hall–Kier alpha value is -1.55. The van der Waals surface area contributed by atoms with Crippen molar-refractivity contribution in [3.8, 4) is 6.07 Å². The van der Waals surface area contributed by atoms with E-state index in [1.165, 1.54) is 7.11 Å². The number of ether oxygens (including phenoxy) is 1. The molecule has 1 aromatic rings. The van der Waals surface area contributed by atoms with Crippen LogP contribution >= 0.6 is 15.9 Å². The molecule has 0 spiro atoms. The maximum Gasteiger partial charge on any atom is 0.311 e. The number of aromatic nitrogens is 1. The molecule has 96 valence electrons. The molecule has 0 aromatic carbocycles. The summed E-state index contributed by atoms with van der Waals surface area (Å²) in [7, 11) is 1.20. The maximum absolute atomic E-state index is 12.8. The first-order chi connectivity index (χ1) is 8.53. The minimum absolute atomic E-state index is 0.157. The van der Waals surface area contributed by atoms with E-state index in [0.29, 0.717) is 0 Å².